The number of halogens is 3. The molecule has 1 saturated heterocycles. The van der Waals surface area contributed by atoms with E-state index in [0.29, 0.717) is 5.56 Å². The zero-order valence-corrected chi connectivity index (χ0v) is 9.35. The molecule has 2 atom stereocenters. The molecule has 1 N–H and O–H groups in total. The van der Waals surface area contributed by atoms with Crippen LogP contribution in [0.4, 0.5) is 13.2 Å². The SMILES string of the molecule is FC(F)(F)c1ccccc1C1C[C@]12CCNC2. The zero-order valence-electron chi connectivity index (χ0n) is 9.35. The summed E-state index contributed by atoms with van der Waals surface area (Å²) in [5.41, 5.74) is 0.152. The van der Waals surface area contributed by atoms with Crippen molar-refractivity contribution in [2.75, 3.05) is 13.1 Å². The first kappa shape index (κ1) is 11.1. The Hall–Kier alpha value is -1.03. The summed E-state index contributed by atoms with van der Waals surface area (Å²) in [6.07, 6.45) is -2.33. The molecule has 1 saturated carbocycles. The predicted octanol–water partition coefficient (Wildman–Crippen LogP) is 3.17. The second-order valence-corrected chi connectivity index (χ2v) is 5.13. The van der Waals surface area contributed by atoms with Gasteiger partial charge in [0.15, 0.2) is 0 Å². The number of hydrogen-bond donors (Lipinski definition) is 1. The van der Waals surface area contributed by atoms with Gasteiger partial charge in [0.25, 0.3) is 0 Å². The molecule has 1 spiro atoms. The fourth-order valence-electron chi connectivity index (χ4n) is 3.08. The topological polar surface area (TPSA) is 12.0 Å². The summed E-state index contributed by atoms with van der Waals surface area (Å²) in [4.78, 5) is 0. The minimum Gasteiger partial charge on any atom is -0.316 e. The fourth-order valence-corrected chi connectivity index (χ4v) is 3.08. The van der Waals surface area contributed by atoms with Crippen LogP contribution in [0.2, 0.25) is 0 Å². The first-order valence-corrected chi connectivity index (χ1v) is 5.90. The van der Waals surface area contributed by atoms with Crippen molar-refractivity contribution in [3.8, 4) is 0 Å². The zero-order chi connectivity index (χ0) is 12.1. The highest BCUT2D eigenvalue weighted by Gasteiger charge is 2.57. The number of benzene rings is 1. The van der Waals surface area contributed by atoms with E-state index in [1.807, 2.05) is 0 Å². The van der Waals surface area contributed by atoms with E-state index in [2.05, 4.69) is 5.32 Å². The van der Waals surface area contributed by atoms with Crippen molar-refractivity contribution >= 4 is 0 Å². The molecule has 0 amide bonds. The Balaban J connectivity index is 1.94. The number of alkyl halides is 3. The molecule has 92 valence electrons. The van der Waals surface area contributed by atoms with Crippen LogP contribution in [-0.2, 0) is 6.18 Å². The Morgan fingerprint density at radius 3 is 2.65 bits per heavy atom. The predicted molar refractivity (Wildman–Crippen MR) is 58.7 cm³/mol. The molecule has 0 bridgehead atoms. The summed E-state index contributed by atoms with van der Waals surface area (Å²) in [6, 6.07) is 6.01. The second kappa shape index (κ2) is 3.48. The second-order valence-electron chi connectivity index (χ2n) is 5.13. The van der Waals surface area contributed by atoms with Gasteiger partial charge in [0.1, 0.15) is 0 Å². The van der Waals surface area contributed by atoms with Crippen molar-refractivity contribution in [2.45, 2.75) is 24.9 Å². The van der Waals surface area contributed by atoms with Gasteiger partial charge in [0.2, 0.25) is 0 Å². The molecule has 1 heterocycles. The van der Waals surface area contributed by atoms with Crippen molar-refractivity contribution in [3.05, 3.63) is 35.4 Å². The van der Waals surface area contributed by atoms with Gasteiger partial charge in [0, 0.05) is 6.54 Å². The maximum atomic E-state index is 12.9. The van der Waals surface area contributed by atoms with Crippen LogP contribution >= 0.6 is 0 Å². The van der Waals surface area contributed by atoms with E-state index in [-0.39, 0.29) is 11.3 Å². The molecule has 1 aromatic carbocycles. The van der Waals surface area contributed by atoms with Crippen LogP contribution in [0.1, 0.15) is 29.9 Å². The molecule has 0 radical (unpaired) electrons. The molecule has 2 aliphatic rings. The summed E-state index contributed by atoms with van der Waals surface area (Å²) < 4.78 is 38.7. The first-order valence-electron chi connectivity index (χ1n) is 5.90. The maximum Gasteiger partial charge on any atom is 0.416 e. The van der Waals surface area contributed by atoms with Crippen LogP contribution < -0.4 is 5.32 Å². The van der Waals surface area contributed by atoms with Gasteiger partial charge in [-0.25, -0.2) is 0 Å². The summed E-state index contributed by atoms with van der Waals surface area (Å²) in [7, 11) is 0. The van der Waals surface area contributed by atoms with Gasteiger partial charge in [-0.1, -0.05) is 18.2 Å². The summed E-state index contributed by atoms with van der Waals surface area (Å²) in [5, 5.41) is 3.25. The van der Waals surface area contributed by atoms with Crippen molar-refractivity contribution in [1.82, 2.24) is 5.32 Å². The molecule has 1 aromatic rings. The van der Waals surface area contributed by atoms with Crippen LogP contribution in [0.25, 0.3) is 0 Å². The molecular weight excluding hydrogens is 227 g/mol. The Bertz CT molecular complexity index is 433. The smallest absolute Gasteiger partial charge is 0.316 e. The molecule has 1 aliphatic heterocycles. The lowest BCUT2D eigenvalue weighted by atomic mass is 9.95. The van der Waals surface area contributed by atoms with Gasteiger partial charge in [0.05, 0.1) is 5.56 Å². The third-order valence-electron chi connectivity index (χ3n) is 4.11. The Kier molecular flexibility index (Phi) is 2.27. The van der Waals surface area contributed by atoms with E-state index in [9.17, 15) is 13.2 Å². The fraction of sp³-hybridized carbons (Fsp3) is 0.538. The Labute approximate surface area is 98.0 Å². The van der Waals surface area contributed by atoms with Crippen molar-refractivity contribution in [2.24, 2.45) is 5.41 Å². The van der Waals surface area contributed by atoms with E-state index in [1.165, 1.54) is 12.1 Å². The van der Waals surface area contributed by atoms with Crippen molar-refractivity contribution in [3.63, 3.8) is 0 Å². The quantitative estimate of drug-likeness (QED) is 0.796. The lowest BCUT2D eigenvalue weighted by molar-refractivity contribution is -0.138. The average Bonchev–Trinajstić information content (AvgIpc) is 2.75. The molecular formula is C13H14F3N. The van der Waals surface area contributed by atoms with E-state index >= 15 is 0 Å². The highest BCUT2D eigenvalue weighted by atomic mass is 19.4. The van der Waals surface area contributed by atoms with Crippen molar-refractivity contribution in [1.29, 1.82) is 0 Å². The third-order valence-corrected chi connectivity index (χ3v) is 4.11. The number of nitrogens with one attached hydrogen (secondary N) is 1. The van der Waals surface area contributed by atoms with Gasteiger partial charge in [-0.15, -0.1) is 0 Å². The van der Waals surface area contributed by atoms with E-state index in [1.54, 1.807) is 12.1 Å². The molecule has 1 unspecified atom stereocenters. The van der Waals surface area contributed by atoms with E-state index in [4.69, 9.17) is 0 Å². The number of hydrogen-bond acceptors (Lipinski definition) is 1. The van der Waals surface area contributed by atoms with Gasteiger partial charge in [-0.2, -0.15) is 13.2 Å². The molecule has 3 rings (SSSR count). The summed E-state index contributed by atoms with van der Waals surface area (Å²) >= 11 is 0. The largest absolute Gasteiger partial charge is 0.416 e. The standard InChI is InChI=1S/C13H14F3N/c14-13(15,16)10-4-2-1-3-9(10)11-7-12(11)5-6-17-8-12/h1-4,11,17H,5-8H2/t11?,12-/m0/s1. The maximum absolute atomic E-state index is 12.9. The highest BCUT2D eigenvalue weighted by molar-refractivity contribution is 5.39. The van der Waals surface area contributed by atoms with Gasteiger partial charge < -0.3 is 5.32 Å². The van der Waals surface area contributed by atoms with Crippen LogP contribution in [0.15, 0.2) is 24.3 Å². The molecule has 1 aliphatic carbocycles. The van der Waals surface area contributed by atoms with Crippen LogP contribution in [-0.4, -0.2) is 13.1 Å². The number of rotatable bonds is 1. The summed E-state index contributed by atoms with van der Waals surface area (Å²) in [6.45, 7) is 1.80. The normalized spacial score (nSPS) is 32.1. The van der Waals surface area contributed by atoms with Gasteiger partial charge >= 0.3 is 6.18 Å². The average molecular weight is 241 g/mol. The monoisotopic (exact) mass is 241 g/mol. The highest BCUT2D eigenvalue weighted by Crippen LogP contribution is 2.63. The van der Waals surface area contributed by atoms with E-state index in [0.717, 1.165) is 25.9 Å². The van der Waals surface area contributed by atoms with Gasteiger partial charge in [-0.05, 0) is 42.3 Å². The Morgan fingerprint density at radius 1 is 1.24 bits per heavy atom. The van der Waals surface area contributed by atoms with Crippen molar-refractivity contribution < 1.29 is 13.2 Å². The third kappa shape index (κ3) is 1.75. The Morgan fingerprint density at radius 2 is 2.00 bits per heavy atom. The van der Waals surface area contributed by atoms with Crippen LogP contribution in [0.5, 0.6) is 0 Å². The van der Waals surface area contributed by atoms with E-state index < -0.39 is 11.7 Å². The molecule has 2 fully saturated rings. The summed E-state index contributed by atoms with van der Waals surface area (Å²) in [5.74, 6) is 0.0929. The molecule has 1 nitrogen and oxygen atoms in total. The minimum absolute atomic E-state index is 0.0929. The lowest BCUT2D eigenvalue weighted by Gasteiger charge is -2.14. The molecule has 0 aromatic heterocycles. The minimum atomic E-state index is -4.23. The van der Waals surface area contributed by atoms with Gasteiger partial charge in [-0.3, -0.25) is 0 Å². The first-order chi connectivity index (χ1) is 8.03. The van der Waals surface area contributed by atoms with Crippen LogP contribution in [0, 0.1) is 5.41 Å². The van der Waals surface area contributed by atoms with Crippen LogP contribution in [0.3, 0.4) is 0 Å². The molecule has 17 heavy (non-hydrogen) atoms. The molecule has 4 heteroatoms. The lowest BCUT2D eigenvalue weighted by Crippen LogP contribution is -2.13.